The number of benzene rings is 1. The fourth-order valence-corrected chi connectivity index (χ4v) is 3.51. The second-order valence-corrected chi connectivity index (χ2v) is 6.21. The summed E-state index contributed by atoms with van der Waals surface area (Å²) in [5, 5.41) is 5.13. The van der Waals surface area contributed by atoms with Crippen molar-refractivity contribution < 1.29 is 13.2 Å². The molecule has 0 amide bonds. The third kappa shape index (κ3) is 3.62. The molecule has 1 aromatic carbocycles. The van der Waals surface area contributed by atoms with E-state index in [4.69, 9.17) is 0 Å². The summed E-state index contributed by atoms with van der Waals surface area (Å²) in [6.45, 7) is 0. The Bertz CT molecular complexity index is 563. The van der Waals surface area contributed by atoms with Crippen LogP contribution in [-0.2, 0) is 12.6 Å². The number of alkyl halides is 3. The minimum absolute atomic E-state index is 0.00719. The van der Waals surface area contributed by atoms with Gasteiger partial charge >= 0.3 is 6.18 Å². The molecule has 1 aromatic heterocycles. The highest BCUT2D eigenvalue weighted by molar-refractivity contribution is 9.10. The van der Waals surface area contributed by atoms with E-state index in [1.54, 1.807) is 11.3 Å². The van der Waals surface area contributed by atoms with E-state index >= 15 is 0 Å². The number of rotatable bonds is 4. The van der Waals surface area contributed by atoms with Crippen molar-refractivity contribution in [2.24, 2.45) is 0 Å². The maximum Gasteiger partial charge on any atom is 0.416 e. The standard InChI is InChI=1S/C14H13BrF3NS/c1-19-12(8-13-11(15)6-7-20-13)9-2-4-10(5-3-9)14(16,17)18/h2-7,12,19H,8H2,1H3. The van der Waals surface area contributed by atoms with E-state index in [0.29, 0.717) is 0 Å². The SMILES string of the molecule is CNC(Cc1sccc1Br)c1ccc(C(F)(F)F)cc1. The molecule has 0 radical (unpaired) electrons. The predicted molar refractivity (Wildman–Crippen MR) is 79.0 cm³/mol. The van der Waals surface area contributed by atoms with E-state index in [1.807, 2.05) is 18.5 Å². The quantitative estimate of drug-likeness (QED) is 0.802. The number of halogens is 4. The lowest BCUT2D eigenvalue weighted by molar-refractivity contribution is -0.137. The van der Waals surface area contributed by atoms with Crippen LogP contribution in [0.25, 0.3) is 0 Å². The second-order valence-electron chi connectivity index (χ2n) is 4.36. The Morgan fingerprint density at radius 3 is 2.30 bits per heavy atom. The van der Waals surface area contributed by atoms with E-state index in [0.717, 1.165) is 28.6 Å². The van der Waals surface area contributed by atoms with Gasteiger partial charge in [0.1, 0.15) is 0 Å². The van der Waals surface area contributed by atoms with Gasteiger partial charge < -0.3 is 5.32 Å². The van der Waals surface area contributed by atoms with Crippen LogP contribution in [0, 0.1) is 0 Å². The first kappa shape index (κ1) is 15.5. The molecule has 0 saturated heterocycles. The molecule has 0 aliphatic rings. The Balaban J connectivity index is 2.18. The van der Waals surface area contributed by atoms with E-state index < -0.39 is 11.7 Å². The molecule has 0 fully saturated rings. The molecule has 0 spiro atoms. The maximum atomic E-state index is 12.5. The fourth-order valence-electron chi connectivity index (χ4n) is 1.95. The third-order valence-electron chi connectivity index (χ3n) is 3.07. The number of nitrogens with one attached hydrogen (secondary N) is 1. The Morgan fingerprint density at radius 1 is 1.20 bits per heavy atom. The zero-order chi connectivity index (χ0) is 14.8. The molecule has 1 heterocycles. The van der Waals surface area contributed by atoms with Crippen LogP contribution < -0.4 is 5.32 Å². The van der Waals surface area contributed by atoms with Gasteiger partial charge in [-0.25, -0.2) is 0 Å². The maximum absolute atomic E-state index is 12.5. The summed E-state index contributed by atoms with van der Waals surface area (Å²) in [5.74, 6) is 0. The highest BCUT2D eigenvalue weighted by Gasteiger charge is 2.30. The zero-order valence-electron chi connectivity index (χ0n) is 10.7. The molecule has 0 bridgehead atoms. The van der Waals surface area contributed by atoms with Crippen LogP contribution >= 0.6 is 27.3 Å². The average Bonchev–Trinajstić information content (AvgIpc) is 2.80. The van der Waals surface area contributed by atoms with Crippen LogP contribution in [0.2, 0.25) is 0 Å². The van der Waals surface area contributed by atoms with E-state index in [2.05, 4.69) is 21.2 Å². The van der Waals surface area contributed by atoms with Gasteiger partial charge in [-0.2, -0.15) is 13.2 Å². The Labute approximate surface area is 128 Å². The van der Waals surface area contributed by atoms with Crippen LogP contribution in [0.4, 0.5) is 13.2 Å². The first-order valence-corrected chi connectivity index (χ1v) is 7.65. The Kier molecular flexibility index (Phi) is 4.88. The molecule has 0 aliphatic heterocycles. The molecule has 20 heavy (non-hydrogen) atoms. The number of hydrogen-bond donors (Lipinski definition) is 1. The van der Waals surface area contributed by atoms with Crippen molar-refractivity contribution in [1.82, 2.24) is 5.32 Å². The monoisotopic (exact) mass is 363 g/mol. The Hall–Kier alpha value is -0.850. The second kappa shape index (κ2) is 6.28. The first-order chi connectivity index (χ1) is 9.41. The van der Waals surface area contributed by atoms with Gasteiger partial charge in [0.2, 0.25) is 0 Å². The van der Waals surface area contributed by atoms with Gasteiger partial charge in [0.25, 0.3) is 0 Å². The van der Waals surface area contributed by atoms with Crippen molar-refractivity contribution in [3.63, 3.8) is 0 Å². The van der Waals surface area contributed by atoms with Crippen LogP contribution in [0.5, 0.6) is 0 Å². The van der Waals surface area contributed by atoms with Gasteiger partial charge in [0, 0.05) is 21.8 Å². The molecule has 108 valence electrons. The topological polar surface area (TPSA) is 12.0 Å². The summed E-state index contributed by atoms with van der Waals surface area (Å²) in [4.78, 5) is 1.17. The van der Waals surface area contributed by atoms with Crippen molar-refractivity contribution in [3.05, 3.63) is 56.2 Å². The summed E-state index contributed by atoms with van der Waals surface area (Å²) in [6, 6.07) is 7.29. The lowest BCUT2D eigenvalue weighted by Crippen LogP contribution is -2.18. The molecule has 6 heteroatoms. The van der Waals surface area contributed by atoms with E-state index in [9.17, 15) is 13.2 Å². The molecule has 1 nitrogen and oxygen atoms in total. The fraction of sp³-hybridized carbons (Fsp3) is 0.286. The summed E-state index contributed by atoms with van der Waals surface area (Å²) in [6.07, 6.45) is -3.55. The molecular weight excluding hydrogens is 351 g/mol. The van der Waals surface area contributed by atoms with Gasteiger partial charge in [-0.3, -0.25) is 0 Å². The summed E-state index contributed by atoms with van der Waals surface area (Å²) >= 11 is 5.10. The first-order valence-electron chi connectivity index (χ1n) is 5.98. The molecule has 1 atom stereocenters. The van der Waals surface area contributed by atoms with Crippen molar-refractivity contribution in [3.8, 4) is 0 Å². The van der Waals surface area contributed by atoms with Crippen molar-refractivity contribution in [1.29, 1.82) is 0 Å². The van der Waals surface area contributed by atoms with Gasteiger partial charge in [-0.1, -0.05) is 12.1 Å². The minimum Gasteiger partial charge on any atom is -0.313 e. The molecule has 1 N–H and O–H groups in total. The molecule has 0 aliphatic carbocycles. The molecule has 2 aromatic rings. The van der Waals surface area contributed by atoms with E-state index in [1.165, 1.54) is 17.0 Å². The van der Waals surface area contributed by atoms with Crippen molar-refractivity contribution in [2.75, 3.05) is 7.05 Å². The lowest BCUT2D eigenvalue weighted by Gasteiger charge is -2.17. The van der Waals surface area contributed by atoms with Gasteiger partial charge in [0.15, 0.2) is 0 Å². The van der Waals surface area contributed by atoms with Crippen molar-refractivity contribution in [2.45, 2.75) is 18.6 Å². The zero-order valence-corrected chi connectivity index (χ0v) is 13.1. The molecule has 2 rings (SSSR count). The highest BCUT2D eigenvalue weighted by atomic mass is 79.9. The lowest BCUT2D eigenvalue weighted by atomic mass is 10.0. The minimum atomic E-state index is -4.29. The van der Waals surface area contributed by atoms with Gasteiger partial charge in [-0.05, 0) is 52.1 Å². The predicted octanol–water partition coefficient (Wildman–Crippen LogP) is 5.03. The van der Waals surface area contributed by atoms with Crippen molar-refractivity contribution >= 4 is 27.3 Å². The summed E-state index contributed by atoms with van der Waals surface area (Å²) in [5.41, 5.74) is 0.231. The number of likely N-dealkylation sites (N-methyl/N-ethyl adjacent to an activating group) is 1. The summed E-state index contributed by atoms with van der Waals surface area (Å²) in [7, 11) is 1.81. The van der Waals surface area contributed by atoms with Gasteiger partial charge in [0.05, 0.1) is 5.56 Å². The van der Waals surface area contributed by atoms with Crippen LogP contribution in [-0.4, -0.2) is 7.05 Å². The molecular formula is C14H13BrF3NS. The summed E-state index contributed by atoms with van der Waals surface area (Å²) < 4.78 is 38.7. The highest BCUT2D eigenvalue weighted by Crippen LogP contribution is 2.31. The van der Waals surface area contributed by atoms with Crippen LogP contribution in [0.15, 0.2) is 40.2 Å². The normalized spacial score (nSPS) is 13.4. The smallest absolute Gasteiger partial charge is 0.313 e. The number of hydrogen-bond acceptors (Lipinski definition) is 2. The van der Waals surface area contributed by atoms with Crippen LogP contribution in [0.3, 0.4) is 0 Å². The third-order valence-corrected chi connectivity index (χ3v) is 5.02. The molecule has 0 saturated carbocycles. The van der Waals surface area contributed by atoms with Gasteiger partial charge in [-0.15, -0.1) is 11.3 Å². The van der Waals surface area contributed by atoms with Crippen LogP contribution in [0.1, 0.15) is 22.0 Å². The molecule has 1 unspecified atom stereocenters. The number of thiophene rings is 1. The Morgan fingerprint density at radius 2 is 1.85 bits per heavy atom. The average molecular weight is 364 g/mol. The largest absolute Gasteiger partial charge is 0.416 e. The van der Waals surface area contributed by atoms with E-state index in [-0.39, 0.29) is 6.04 Å².